The Balaban J connectivity index is 2.74. The van der Waals surface area contributed by atoms with Crippen molar-refractivity contribution in [2.45, 2.75) is 32.9 Å². The molecule has 1 heterocycles. The summed E-state index contributed by atoms with van der Waals surface area (Å²) in [5.74, 6) is 2.38. The van der Waals surface area contributed by atoms with Gasteiger partial charge < -0.3 is 15.1 Å². The van der Waals surface area contributed by atoms with Crippen LogP contribution in [0.2, 0.25) is 0 Å². The number of hydrogen-bond acceptors (Lipinski definition) is 7. The number of nitrogens with one attached hydrogen (secondary N) is 1. The topological polar surface area (TPSA) is 57.2 Å². The van der Waals surface area contributed by atoms with Gasteiger partial charge in [0.05, 0.1) is 0 Å². The Morgan fingerprint density at radius 2 is 1.62 bits per heavy atom. The zero-order chi connectivity index (χ0) is 15.7. The Morgan fingerprint density at radius 1 is 0.952 bits per heavy atom. The highest BCUT2D eigenvalue weighted by atomic mass is 32.2. The van der Waals surface area contributed by atoms with Crippen LogP contribution in [0.4, 0.5) is 11.9 Å². The summed E-state index contributed by atoms with van der Waals surface area (Å²) in [7, 11) is 1.84. The van der Waals surface area contributed by atoms with E-state index in [-0.39, 0.29) is 0 Å². The van der Waals surface area contributed by atoms with Crippen LogP contribution >= 0.6 is 11.8 Å². The molecule has 0 bridgehead atoms. The summed E-state index contributed by atoms with van der Waals surface area (Å²) in [6, 6.07) is 0. The van der Waals surface area contributed by atoms with E-state index in [1.807, 2.05) is 7.05 Å². The summed E-state index contributed by atoms with van der Waals surface area (Å²) in [5.41, 5.74) is 0. The molecule has 0 amide bonds. The molecule has 0 aliphatic rings. The van der Waals surface area contributed by atoms with Crippen molar-refractivity contribution in [3.63, 3.8) is 0 Å². The largest absolute Gasteiger partial charge is 0.357 e. The molecule has 0 radical (unpaired) electrons. The fraction of sp³-hybridized carbons (Fsp3) is 0.786. The van der Waals surface area contributed by atoms with E-state index in [1.165, 1.54) is 0 Å². The maximum Gasteiger partial charge on any atom is 0.231 e. The van der Waals surface area contributed by atoms with Gasteiger partial charge in [-0.15, -0.1) is 0 Å². The zero-order valence-corrected chi connectivity index (χ0v) is 14.7. The Bertz CT molecular complexity index is 406. The number of anilines is 2. The van der Waals surface area contributed by atoms with E-state index in [0.29, 0.717) is 5.95 Å². The smallest absolute Gasteiger partial charge is 0.231 e. The van der Waals surface area contributed by atoms with E-state index in [4.69, 9.17) is 0 Å². The van der Waals surface area contributed by atoms with Crippen molar-refractivity contribution in [2.75, 3.05) is 55.7 Å². The quantitative estimate of drug-likeness (QED) is 0.665. The molecule has 6 nitrogen and oxygen atoms in total. The molecule has 0 atom stereocenters. The van der Waals surface area contributed by atoms with Crippen molar-refractivity contribution in [1.82, 2.24) is 19.9 Å². The first kappa shape index (κ1) is 18.0. The van der Waals surface area contributed by atoms with Crippen molar-refractivity contribution in [1.29, 1.82) is 0 Å². The van der Waals surface area contributed by atoms with Gasteiger partial charge in [-0.1, -0.05) is 25.6 Å². The molecule has 1 aromatic rings. The summed E-state index contributed by atoms with van der Waals surface area (Å²) in [5, 5.41) is 3.81. The van der Waals surface area contributed by atoms with Gasteiger partial charge in [-0.2, -0.15) is 15.0 Å². The summed E-state index contributed by atoms with van der Waals surface area (Å²) in [6.07, 6.45) is 0. The van der Waals surface area contributed by atoms with Gasteiger partial charge >= 0.3 is 0 Å². The molecule has 0 aliphatic heterocycles. The fourth-order valence-electron chi connectivity index (χ4n) is 1.98. The normalized spacial score (nSPS) is 11.0. The van der Waals surface area contributed by atoms with Crippen molar-refractivity contribution < 1.29 is 0 Å². The monoisotopic (exact) mass is 312 g/mol. The predicted molar refractivity (Wildman–Crippen MR) is 91.4 cm³/mol. The third-order valence-corrected chi connectivity index (χ3v) is 4.23. The highest BCUT2D eigenvalue weighted by molar-refractivity contribution is 7.99. The lowest BCUT2D eigenvalue weighted by molar-refractivity contribution is 0.324. The lowest BCUT2D eigenvalue weighted by Crippen LogP contribution is -2.26. The highest BCUT2D eigenvalue weighted by Gasteiger charge is 2.11. The van der Waals surface area contributed by atoms with Crippen LogP contribution in [0.25, 0.3) is 0 Å². The van der Waals surface area contributed by atoms with Crippen LogP contribution in [0, 0.1) is 0 Å². The van der Waals surface area contributed by atoms with E-state index in [9.17, 15) is 0 Å². The lowest BCUT2D eigenvalue weighted by atomic mass is 10.5. The number of thioether (sulfide) groups is 1. The standard InChI is InChI=1S/C14H28N6S/c1-6-19(7-2)10-11-21-14-17-12(15-5)16-13(18-14)20(8-3)9-4/h6-11H2,1-5H3,(H,15,16,17,18). The molecule has 120 valence electrons. The summed E-state index contributed by atoms with van der Waals surface area (Å²) in [4.78, 5) is 18.0. The minimum Gasteiger partial charge on any atom is -0.357 e. The number of nitrogens with zero attached hydrogens (tertiary/aromatic N) is 5. The average Bonchev–Trinajstić information content (AvgIpc) is 2.52. The second-order valence-electron chi connectivity index (χ2n) is 4.54. The van der Waals surface area contributed by atoms with Crippen molar-refractivity contribution in [2.24, 2.45) is 0 Å². The van der Waals surface area contributed by atoms with E-state index >= 15 is 0 Å². The molecule has 0 fully saturated rings. The van der Waals surface area contributed by atoms with Crippen LogP contribution in [0.15, 0.2) is 5.16 Å². The zero-order valence-electron chi connectivity index (χ0n) is 13.9. The molecule has 0 aromatic carbocycles. The minimum atomic E-state index is 0.636. The third kappa shape index (κ3) is 5.67. The molecule has 1 rings (SSSR count). The van der Waals surface area contributed by atoms with Crippen LogP contribution < -0.4 is 10.2 Å². The Labute approximate surface area is 132 Å². The van der Waals surface area contributed by atoms with Gasteiger partial charge in [0, 0.05) is 32.4 Å². The van der Waals surface area contributed by atoms with Gasteiger partial charge in [0.15, 0.2) is 5.16 Å². The van der Waals surface area contributed by atoms with Crippen molar-refractivity contribution in [3.8, 4) is 0 Å². The van der Waals surface area contributed by atoms with Gasteiger partial charge in [-0.05, 0) is 26.9 Å². The van der Waals surface area contributed by atoms with E-state index in [2.05, 4.69) is 57.8 Å². The Kier molecular flexibility index (Phi) is 8.37. The van der Waals surface area contributed by atoms with Crippen LogP contribution in [0.5, 0.6) is 0 Å². The van der Waals surface area contributed by atoms with Crippen LogP contribution in [-0.2, 0) is 0 Å². The van der Waals surface area contributed by atoms with Crippen molar-refractivity contribution >= 4 is 23.7 Å². The number of rotatable bonds is 10. The Morgan fingerprint density at radius 3 is 2.14 bits per heavy atom. The average molecular weight is 312 g/mol. The third-order valence-electron chi connectivity index (χ3n) is 3.41. The summed E-state index contributed by atoms with van der Waals surface area (Å²) < 4.78 is 0. The van der Waals surface area contributed by atoms with Crippen LogP contribution in [-0.4, -0.2) is 65.4 Å². The molecule has 1 aromatic heterocycles. The first-order valence-corrected chi connectivity index (χ1v) is 8.70. The molecule has 0 saturated heterocycles. The fourth-order valence-corrected chi connectivity index (χ4v) is 2.81. The molecule has 0 spiro atoms. The molecule has 1 N–H and O–H groups in total. The molecule has 21 heavy (non-hydrogen) atoms. The molecule has 7 heteroatoms. The number of hydrogen-bond donors (Lipinski definition) is 1. The number of aromatic nitrogens is 3. The summed E-state index contributed by atoms with van der Waals surface area (Å²) >= 11 is 1.69. The van der Waals surface area contributed by atoms with E-state index < -0.39 is 0 Å². The van der Waals surface area contributed by atoms with Crippen LogP contribution in [0.3, 0.4) is 0 Å². The summed E-state index contributed by atoms with van der Waals surface area (Å²) in [6.45, 7) is 13.6. The van der Waals surface area contributed by atoms with Gasteiger partial charge in [0.2, 0.25) is 11.9 Å². The SMILES string of the molecule is CCN(CC)CCSc1nc(NC)nc(N(CC)CC)n1. The first-order chi connectivity index (χ1) is 10.2. The van der Waals surface area contributed by atoms with Gasteiger partial charge in [-0.3, -0.25) is 0 Å². The van der Waals surface area contributed by atoms with Gasteiger partial charge in [0.25, 0.3) is 0 Å². The second-order valence-corrected chi connectivity index (χ2v) is 5.60. The van der Waals surface area contributed by atoms with Crippen molar-refractivity contribution in [3.05, 3.63) is 0 Å². The van der Waals surface area contributed by atoms with E-state index in [0.717, 1.165) is 49.6 Å². The predicted octanol–water partition coefficient (Wildman–Crippen LogP) is 2.19. The Hall–Kier alpha value is -1.08. The maximum atomic E-state index is 4.58. The molecule has 0 saturated carbocycles. The molecule has 0 unspecified atom stereocenters. The molecule has 0 aliphatic carbocycles. The van der Waals surface area contributed by atoms with E-state index in [1.54, 1.807) is 11.8 Å². The van der Waals surface area contributed by atoms with Gasteiger partial charge in [0.1, 0.15) is 0 Å². The van der Waals surface area contributed by atoms with Gasteiger partial charge in [-0.25, -0.2) is 0 Å². The van der Waals surface area contributed by atoms with Crippen LogP contribution in [0.1, 0.15) is 27.7 Å². The molecular formula is C14H28N6S. The highest BCUT2D eigenvalue weighted by Crippen LogP contribution is 2.18. The second kappa shape index (κ2) is 9.78. The molecular weight excluding hydrogens is 284 g/mol. The minimum absolute atomic E-state index is 0.636. The lowest BCUT2D eigenvalue weighted by Gasteiger charge is -2.20. The maximum absolute atomic E-state index is 4.58. The first-order valence-electron chi connectivity index (χ1n) is 7.72.